The lowest BCUT2D eigenvalue weighted by atomic mass is 10.2. The van der Waals surface area contributed by atoms with E-state index in [2.05, 4.69) is 15.8 Å². The third-order valence-corrected chi connectivity index (χ3v) is 4.01. The molecule has 1 heterocycles. The number of benzene rings is 1. The zero-order chi connectivity index (χ0) is 18.0. The molecular formula is C17H19N3O5. The van der Waals surface area contributed by atoms with E-state index in [9.17, 15) is 9.59 Å². The van der Waals surface area contributed by atoms with Gasteiger partial charge in [0.15, 0.2) is 5.82 Å². The van der Waals surface area contributed by atoms with Crippen molar-refractivity contribution in [2.45, 2.75) is 13.3 Å². The summed E-state index contributed by atoms with van der Waals surface area (Å²) in [6.45, 7) is 1.73. The van der Waals surface area contributed by atoms with Gasteiger partial charge in [0.1, 0.15) is 17.3 Å². The molecule has 2 amide bonds. The van der Waals surface area contributed by atoms with Crippen LogP contribution in [0, 0.1) is 18.8 Å². The molecule has 1 aliphatic rings. The van der Waals surface area contributed by atoms with E-state index in [1.54, 1.807) is 38.3 Å². The summed E-state index contributed by atoms with van der Waals surface area (Å²) in [6, 6.07) is 6.73. The van der Waals surface area contributed by atoms with Gasteiger partial charge in [0, 0.05) is 12.1 Å². The second kappa shape index (κ2) is 6.84. The molecule has 0 radical (unpaired) electrons. The van der Waals surface area contributed by atoms with Gasteiger partial charge in [-0.3, -0.25) is 9.59 Å². The van der Waals surface area contributed by atoms with Crippen LogP contribution in [-0.2, 0) is 9.59 Å². The summed E-state index contributed by atoms with van der Waals surface area (Å²) < 4.78 is 15.3. The van der Waals surface area contributed by atoms with Crippen molar-refractivity contribution in [2.75, 3.05) is 24.9 Å². The van der Waals surface area contributed by atoms with Crippen LogP contribution in [0.4, 0.5) is 11.5 Å². The second-order valence-corrected chi connectivity index (χ2v) is 5.82. The number of nitrogens with zero attached hydrogens (tertiary/aromatic N) is 1. The van der Waals surface area contributed by atoms with Crippen LogP contribution < -0.4 is 20.1 Å². The molecule has 132 valence electrons. The fourth-order valence-corrected chi connectivity index (χ4v) is 2.55. The molecule has 8 heteroatoms. The average Bonchev–Trinajstić information content (AvgIpc) is 3.32. The minimum Gasteiger partial charge on any atom is -0.497 e. The van der Waals surface area contributed by atoms with Crippen LogP contribution in [0.25, 0.3) is 0 Å². The molecule has 2 aromatic rings. The Morgan fingerprint density at radius 2 is 1.84 bits per heavy atom. The molecule has 1 aromatic carbocycles. The monoisotopic (exact) mass is 345 g/mol. The fourth-order valence-electron chi connectivity index (χ4n) is 2.55. The molecule has 1 fully saturated rings. The van der Waals surface area contributed by atoms with E-state index in [0.29, 0.717) is 35.2 Å². The zero-order valence-corrected chi connectivity index (χ0v) is 14.2. The molecule has 8 nitrogen and oxygen atoms in total. The second-order valence-electron chi connectivity index (χ2n) is 5.82. The predicted octanol–water partition coefficient (Wildman–Crippen LogP) is 2.21. The quantitative estimate of drug-likeness (QED) is 0.832. The minimum atomic E-state index is -0.375. The smallest absolute Gasteiger partial charge is 0.229 e. The van der Waals surface area contributed by atoms with Gasteiger partial charge in [-0.1, -0.05) is 5.16 Å². The Labute approximate surface area is 144 Å². The van der Waals surface area contributed by atoms with Gasteiger partial charge in [0.05, 0.1) is 31.7 Å². The van der Waals surface area contributed by atoms with Gasteiger partial charge in [-0.15, -0.1) is 0 Å². The first kappa shape index (κ1) is 16.8. The van der Waals surface area contributed by atoms with Crippen molar-refractivity contribution in [1.82, 2.24) is 5.16 Å². The first-order chi connectivity index (χ1) is 12.0. The Morgan fingerprint density at radius 3 is 2.44 bits per heavy atom. The largest absolute Gasteiger partial charge is 0.497 e. The van der Waals surface area contributed by atoms with E-state index in [4.69, 9.17) is 14.0 Å². The van der Waals surface area contributed by atoms with Crippen molar-refractivity contribution in [3.63, 3.8) is 0 Å². The predicted molar refractivity (Wildman–Crippen MR) is 89.6 cm³/mol. The lowest BCUT2D eigenvalue weighted by Crippen LogP contribution is -2.21. The number of hydrogen-bond acceptors (Lipinski definition) is 6. The fraction of sp³-hybridized carbons (Fsp3) is 0.353. The molecule has 3 rings (SSSR count). The van der Waals surface area contributed by atoms with E-state index in [0.717, 1.165) is 0 Å². The molecule has 0 saturated heterocycles. The number of rotatable bonds is 6. The maximum absolute atomic E-state index is 12.4. The summed E-state index contributed by atoms with van der Waals surface area (Å²) in [6.07, 6.45) is 0.493. The maximum Gasteiger partial charge on any atom is 0.229 e. The van der Waals surface area contributed by atoms with Gasteiger partial charge < -0.3 is 24.6 Å². The van der Waals surface area contributed by atoms with Crippen LogP contribution in [0.3, 0.4) is 0 Å². The van der Waals surface area contributed by atoms with Crippen molar-refractivity contribution in [3.05, 3.63) is 30.0 Å². The number of ether oxygens (including phenoxy) is 2. The molecule has 25 heavy (non-hydrogen) atoms. The number of carbonyl (C=O) groups is 2. The lowest BCUT2D eigenvalue weighted by Gasteiger charge is -2.11. The third kappa shape index (κ3) is 3.73. The third-order valence-electron chi connectivity index (χ3n) is 4.01. The van der Waals surface area contributed by atoms with E-state index in [-0.39, 0.29) is 23.7 Å². The number of anilines is 2. The molecule has 0 aliphatic heterocycles. The van der Waals surface area contributed by atoms with Crippen molar-refractivity contribution >= 4 is 23.3 Å². The summed E-state index contributed by atoms with van der Waals surface area (Å²) in [5.41, 5.74) is 0.534. The molecule has 2 N–H and O–H groups in total. The zero-order valence-electron chi connectivity index (χ0n) is 14.2. The van der Waals surface area contributed by atoms with E-state index in [1.165, 1.54) is 7.11 Å². The first-order valence-corrected chi connectivity index (χ1v) is 7.79. The number of hydrogen-bond donors (Lipinski definition) is 2. The minimum absolute atomic E-state index is 0.222. The first-order valence-electron chi connectivity index (χ1n) is 7.79. The number of methoxy groups -OCH3 is 2. The maximum atomic E-state index is 12.4. The highest BCUT2D eigenvalue weighted by atomic mass is 16.5. The Balaban J connectivity index is 1.59. The summed E-state index contributed by atoms with van der Waals surface area (Å²) in [4.78, 5) is 24.5. The topological polar surface area (TPSA) is 103 Å². The Hall–Kier alpha value is -3.03. The molecule has 0 spiro atoms. The van der Waals surface area contributed by atoms with Crippen LogP contribution in [0.5, 0.6) is 11.5 Å². The Bertz CT molecular complexity index is 801. The highest BCUT2D eigenvalue weighted by Crippen LogP contribution is 2.41. The van der Waals surface area contributed by atoms with Crippen LogP contribution in [0.1, 0.15) is 12.2 Å². The van der Waals surface area contributed by atoms with Crippen LogP contribution in [0.2, 0.25) is 0 Å². The van der Waals surface area contributed by atoms with Crippen LogP contribution in [0.15, 0.2) is 28.8 Å². The summed E-state index contributed by atoms with van der Waals surface area (Å²) >= 11 is 0. The molecule has 0 bridgehead atoms. The molecule has 2 unspecified atom stereocenters. The molecule has 1 saturated carbocycles. The molecule has 1 aliphatic carbocycles. The lowest BCUT2D eigenvalue weighted by molar-refractivity contribution is -0.122. The normalized spacial score (nSPS) is 18.4. The van der Waals surface area contributed by atoms with E-state index < -0.39 is 0 Å². The summed E-state index contributed by atoms with van der Waals surface area (Å²) in [7, 11) is 3.06. The summed E-state index contributed by atoms with van der Waals surface area (Å²) in [5, 5.41) is 9.15. The Kier molecular flexibility index (Phi) is 4.60. The van der Waals surface area contributed by atoms with Gasteiger partial charge in [-0.2, -0.15) is 0 Å². The van der Waals surface area contributed by atoms with Crippen molar-refractivity contribution < 1.29 is 23.6 Å². The van der Waals surface area contributed by atoms with Crippen molar-refractivity contribution in [3.8, 4) is 11.5 Å². The highest BCUT2D eigenvalue weighted by Gasteiger charge is 2.48. The highest BCUT2D eigenvalue weighted by molar-refractivity contribution is 6.03. The number of aromatic nitrogens is 1. The number of nitrogens with one attached hydrogen (secondary N) is 2. The van der Waals surface area contributed by atoms with E-state index in [1.807, 2.05) is 0 Å². The average molecular weight is 345 g/mol. The van der Waals surface area contributed by atoms with Gasteiger partial charge in [0.25, 0.3) is 0 Å². The Morgan fingerprint density at radius 1 is 1.12 bits per heavy atom. The van der Waals surface area contributed by atoms with Crippen LogP contribution >= 0.6 is 0 Å². The SMILES string of the molecule is COc1ccc(NC(=O)C2CC2C(=O)Nc2cc(C)on2)c(OC)c1. The van der Waals surface area contributed by atoms with Gasteiger partial charge in [-0.25, -0.2) is 0 Å². The molecule has 2 atom stereocenters. The standard InChI is InChI=1S/C17H19N3O5/c1-9-6-15(20-25-9)19-17(22)12-8-11(12)16(21)18-13-5-4-10(23-2)7-14(13)24-3/h4-7,11-12H,8H2,1-3H3,(H,18,21)(H,19,20,22). The van der Waals surface area contributed by atoms with Gasteiger partial charge >= 0.3 is 0 Å². The van der Waals surface area contributed by atoms with E-state index >= 15 is 0 Å². The van der Waals surface area contributed by atoms with Crippen LogP contribution in [-0.4, -0.2) is 31.2 Å². The summed E-state index contributed by atoms with van der Waals surface area (Å²) in [5.74, 6) is 0.863. The number of amides is 2. The van der Waals surface area contributed by atoms with Gasteiger partial charge in [-0.05, 0) is 25.5 Å². The molecule has 1 aromatic heterocycles. The van der Waals surface area contributed by atoms with Gasteiger partial charge in [0.2, 0.25) is 11.8 Å². The number of carbonyl (C=O) groups excluding carboxylic acids is 2. The van der Waals surface area contributed by atoms with Crippen molar-refractivity contribution in [2.24, 2.45) is 11.8 Å². The number of aryl methyl sites for hydroxylation is 1. The molecular weight excluding hydrogens is 326 g/mol. The van der Waals surface area contributed by atoms with Crippen molar-refractivity contribution in [1.29, 1.82) is 0 Å².